The number of carbonyl (C=O) groups is 1. The predicted octanol–water partition coefficient (Wildman–Crippen LogP) is 0.853. The number of sulfonamides is 1. The van der Waals surface area contributed by atoms with Crippen molar-refractivity contribution in [2.45, 2.75) is 31.2 Å². The Labute approximate surface area is 126 Å². The van der Waals surface area contributed by atoms with Gasteiger partial charge >= 0.3 is 0 Å². The van der Waals surface area contributed by atoms with Gasteiger partial charge in [-0.05, 0) is 24.1 Å². The van der Waals surface area contributed by atoms with E-state index in [1.807, 2.05) is 13.0 Å². The van der Waals surface area contributed by atoms with Crippen molar-refractivity contribution in [3.63, 3.8) is 0 Å². The van der Waals surface area contributed by atoms with E-state index in [2.05, 4.69) is 5.32 Å². The third-order valence-corrected chi connectivity index (χ3v) is 5.23. The summed E-state index contributed by atoms with van der Waals surface area (Å²) in [5, 5.41) is 2.43. The van der Waals surface area contributed by atoms with Gasteiger partial charge in [0.1, 0.15) is 0 Å². The van der Waals surface area contributed by atoms with Gasteiger partial charge < -0.3 is 11.1 Å². The molecule has 1 unspecified atom stereocenters. The number of nitrogens with two attached hydrogens (primary N) is 1. The molecule has 1 aromatic rings. The van der Waals surface area contributed by atoms with Crippen LogP contribution in [0.1, 0.15) is 31.9 Å². The lowest BCUT2D eigenvalue weighted by atomic mass is 10.1. The Balaban J connectivity index is 3.14. The average molecular weight is 313 g/mol. The number of nitrogens with zero attached hydrogens (tertiary/aromatic N) is 1. The second-order valence-electron chi connectivity index (χ2n) is 4.69. The molecule has 0 radical (unpaired) electrons. The van der Waals surface area contributed by atoms with Crippen molar-refractivity contribution in [1.82, 2.24) is 9.62 Å². The predicted molar refractivity (Wildman–Crippen MR) is 82.2 cm³/mol. The van der Waals surface area contributed by atoms with E-state index in [1.165, 1.54) is 13.1 Å². The third kappa shape index (κ3) is 4.26. The lowest BCUT2D eigenvalue weighted by Crippen LogP contribution is -2.39. The SMILES string of the molecule is CCC(N)c1cccc(S(=O)(=O)N(CC)CC(=O)NC)c1. The maximum atomic E-state index is 12.6. The number of likely N-dealkylation sites (N-methyl/N-ethyl adjacent to an activating group) is 2. The van der Waals surface area contributed by atoms with Gasteiger partial charge in [-0.1, -0.05) is 26.0 Å². The number of hydrogen-bond donors (Lipinski definition) is 2. The first kappa shape index (κ1) is 17.6. The molecule has 0 spiro atoms. The maximum Gasteiger partial charge on any atom is 0.243 e. The minimum absolute atomic E-state index is 0.162. The topological polar surface area (TPSA) is 92.5 Å². The molecule has 0 aliphatic heterocycles. The molecule has 0 aromatic heterocycles. The maximum absolute atomic E-state index is 12.6. The van der Waals surface area contributed by atoms with Crippen LogP contribution in [0.25, 0.3) is 0 Å². The van der Waals surface area contributed by atoms with Crippen molar-refractivity contribution in [2.75, 3.05) is 20.1 Å². The summed E-state index contributed by atoms with van der Waals surface area (Å²) in [4.78, 5) is 11.6. The fraction of sp³-hybridized carbons (Fsp3) is 0.500. The molecule has 1 amide bonds. The summed E-state index contributed by atoms with van der Waals surface area (Å²) in [5.41, 5.74) is 6.72. The lowest BCUT2D eigenvalue weighted by molar-refractivity contribution is -0.120. The van der Waals surface area contributed by atoms with Gasteiger partial charge in [0, 0.05) is 19.6 Å². The smallest absolute Gasteiger partial charge is 0.243 e. The Kier molecular flexibility index (Phi) is 6.32. The summed E-state index contributed by atoms with van der Waals surface area (Å²) in [6, 6.07) is 6.38. The van der Waals surface area contributed by atoms with Gasteiger partial charge in [-0.2, -0.15) is 4.31 Å². The minimum Gasteiger partial charge on any atom is -0.358 e. The Morgan fingerprint density at radius 2 is 2.05 bits per heavy atom. The zero-order chi connectivity index (χ0) is 16.0. The number of rotatable bonds is 7. The monoisotopic (exact) mass is 313 g/mol. The molecule has 21 heavy (non-hydrogen) atoms. The third-order valence-electron chi connectivity index (χ3n) is 3.32. The number of hydrogen-bond acceptors (Lipinski definition) is 4. The molecule has 0 aliphatic rings. The van der Waals surface area contributed by atoms with Crippen molar-refractivity contribution in [3.05, 3.63) is 29.8 Å². The number of nitrogens with one attached hydrogen (secondary N) is 1. The van der Waals surface area contributed by atoms with E-state index in [0.717, 1.165) is 16.3 Å². The molecular formula is C14H23N3O3S. The van der Waals surface area contributed by atoms with E-state index in [4.69, 9.17) is 5.73 Å². The molecule has 1 rings (SSSR count). The molecule has 0 fully saturated rings. The normalized spacial score (nSPS) is 13.2. The van der Waals surface area contributed by atoms with Gasteiger partial charge in [0.2, 0.25) is 15.9 Å². The van der Waals surface area contributed by atoms with E-state index in [-0.39, 0.29) is 29.9 Å². The van der Waals surface area contributed by atoms with Gasteiger partial charge in [-0.15, -0.1) is 0 Å². The number of carbonyl (C=O) groups excluding carboxylic acids is 1. The summed E-state index contributed by atoms with van der Waals surface area (Å²) in [6.07, 6.45) is 0.721. The Hall–Kier alpha value is -1.44. The van der Waals surface area contributed by atoms with Crippen LogP contribution in [-0.4, -0.2) is 38.8 Å². The van der Waals surface area contributed by atoms with Gasteiger partial charge in [0.05, 0.1) is 11.4 Å². The van der Waals surface area contributed by atoms with Crippen molar-refractivity contribution in [3.8, 4) is 0 Å². The standard InChI is InChI=1S/C14H23N3O3S/c1-4-13(15)11-7-6-8-12(9-11)21(19,20)17(5-2)10-14(18)16-3/h6-9,13H,4-5,10,15H2,1-3H3,(H,16,18). The van der Waals surface area contributed by atoms with Crippen LogP contribution in [0, 0.1) is 0 Å². The molecule has 118 valence electrons. The second kappa shape index (κ2) is 7.53. The minimum atomic E-state index is -3.70. The first-order valence-electron chi connectivity index (χ1n) is 6.93. The largest absolute Gasteiger partial charge is 0.358 e. The van der Waals surface area contributed by atoms with Crippen LogP contribution in [0.4, 0.5) is 0 Å². The molecule has 0 bridgehead atoms. The van der Waals surface area contributed by atoms with E-state index in [0.29, 0.717) is 0 Å². The fourth-order valence-corrected chi connectivity index (χ4v) is 3.36. The van der Waals surface area contributed by atoms with Crippen LogP contribution in [0.15, 0.2) is 29.2 Å². The molecule has 1 aromatic carbocycles. The van der Waals surface area contributed by atoms with Crippen LogP contribution in [0.5, 0.6) is 0 Å². The van der Waals surface area contributed by atoms with Crippen molar-refractivity contribution in [2.24, 2.45) is 5.73 Å². The molecule has 0 saturated carbocycles. The van der Waals surface area contributed by atoms with Gasteiger partial charge in [0.15, 0.2) is 0 Å². The van der Waals surface area contributed by atoms with Gasteiger partial charge in [-0.3, -0.25) is 4.79 Å². The van der Waals surface area contributed by atoms with Crippen molar-refractivity contribution < 1.29 is 13.2 Å². The lowest BCUT2D eigenvalue weighted by Gasteiger charge is -2.20. The van der Waals surface area contributed by atoms with Gasteiger partial charge in [-0.25, -0.2) is 8.42 Å². The van der Waals surface area contributed by atoms with Crippen molar-refractivity contribution >= 4 is 15.9 Å². The number of amides is 1. The molecule has 0 saturated heterocycles. The zero-order valence-corrected chi connectivity index (χ0v) is 13.5. The first-order chi connectivity index (χ1) is 9.86. The van der Waals surface area contributed by atoms with Crippen LogP contribution >= 0.6 is 0 Å². The van der Waals surface area contributed by atoms with Crippen LogP contribution < -0.4 is 11.1 Å². The molecule has 7 heteroatoms. The fourth-order valence-electron chi connectivity index (χ4n) is 1.90. The summed E-state index contributed by atoms with van der Waals surface area (Å²) in [5.74, 6) is -0.346. The molecular weight excluding hydrogens is 290 g/mol. The molecule has 3 N–H and O–H groups in total. The number of benzene rings is 1. The Morgan fingerprint density at radius 3 is 2.57 bits per heavy atom. The summed E-state index contributed by atoms with van der Waals surface area (Å²) in [6.45, 7) is 3.66. The Bertz CT molecular complexity index is 587. The van der Waals surface area contributed by atoms with E-state index in [9.17, 15) is 13.2 Å². The Morgan fingerprint density at radius 1 is 1.38 bits per heavy atom. The molecule has 6 nitrogen and oxygen atoms in total. The summed E-state index contributed by atoms with van der Waals surface area (Å²) < 4.78 is 26.3. The van der Waals surface area contributed by atoms with Crippen molar-refractivity contribution in [1.29, 1.82) is 0 Å². The van der Waals surface area contributed by atoms with Crippen LogP contribution in [-0.2, 0) is 14.8 Å². The highest BCUT2D eigenvalue weighted by Gasteiger charge is 2.25. The highest BCUT2D eigenvalue weighted by Crippen LogP contribution is 2.21. The molecule has 0 heterocycles. The second-order valence-corrected chi connectivity index (χ2v) is 6.63. The van der Waals surface area contributed by atoms with Crippen LogP contribution in [0.2, 0.25) is 0 Å². The highest BCUT2D eigenvalue weighted by molar-refractivity contribution is 7.89. The molecule has 0 aliphatic carbocycles. The highest BCUT2D eigenvalue weighted by atomic mass is 32.2. The van der Waals surface area contributed by atoms with Gasteiger partial charge in [0.25, 0.3) is 0 Å². The van der Waals surface area contributed by atoms with E-state index in [1.54, 1.807) is 19.1 Å². The van der Waals surface area contributed by atoms with E-state index >= 15 is 0 Å². The molecule has 1 atom stereocenters. The summed E-state index contributed by atoms with van der Waals surface area (Å²) >= 11 is 0. The quantitative estimate of drug-likeness (QED) is 0.780. The van der Waals surface area contributed by atoms with Crippen LogP contribution in [0.3, 0.4) is 0 Å². The zero-order valence-electron chi connectivity index (χ0n) is 12.7. The van der Waals surface area contributed by atoms with E-state index < -0.39 is 10.0 Å². The average Bonchev–Trinajstić information content (AvgIpc) is 2.51. The summed E-state index contributed by atoms with van der Waals surface area (Å²) in [7, 11) is -2.23. The first-order valence-corrected chi connectivity index (χ1v) is 8.37.